The number of hydrogen-bond acceptors (Lipinski definition) is 7. The summed E-state index contributed by atoms with van der Waals surface area (Å²) < 4.78 is 10.2. The highest BCUT2D eigenvalue weighted by molar-refractivity contribution is 5.81. The molecule has 0 aromatic carbocycles. The van der Waals surface area contributed by atoms with Crippen LogP contribution in [0.5, 0.6) is 0 Å². The summed E-state index contributed by atoms with van der Waals surface area (Å²) in [6.45, 7) is 1.80. The topological polar surface area (TPSA) is 150 Å². The molecule has 0 spiro atoms. The zero-order chi connectivity index (χ0) is 15.3. The highest BCUT2D eigenvalue weighted by Gasteiger charge is 2.33. The zero-order valence-corrected chi connectivity index (χ0v) is 13.1. The second kappa shape index (κ2) is 7.98. The molecular formula is C11H16BrN5O5. The summed E-state index contributed by atoms with van der Waals surface area (Å²) in [5.41, 5.74) is 7.19. The fraction of sp³-hybridized carbons (Fsp3) is 0.455. The molecule has 10 nitrogen and oxygen atoms in total. The lowest BCUT2D eigenvalue weighted by Gasteiger charge is -2.30. The number of nitrogens with two attached hydrogens (primary N) is 2. The third-order valence-corrected chi connectivity index (χ3v) is 2.83. The summed E-state index contributed by atoms with van der Waals surface area (Å²) in [6.07, 6.45) is 1.14. The van der Waals surface area contributed by atoms with Crippen molar-refractivity contribution in [2.75, 3.05) is 19.7 Å². The summed E-state index contributed by atoms with van der Waals surface area (Å²) in [7, 11) is 0. The highest BCUT2D eigenvalue weighted by Crippen LogP contribution is 2.13. The van der Waals surface area contributed by atoms with Crippen molar-refractivity contribution in [2.24, 2.45) is 10.8 Å². The van der Waals surface area contributed by atoms with E-state index < -0.39 is 22.4 Å². The Balaban J connectivity index is 0.00000242. The first-order valence-corrected chi connectivity index (χ1v) is 6.29. The number of nitro groups is 1. The van der Waals surface area contributed by atoms with Crippen molar-refractivity contribution in [3.05, 3.63) is 28.0 Å². The molecule has 2 rings (SSSR count). The SMILES string of the molecule is NC1(CC(=O)NN=Cc2ccc([N+](=O)[O-])o2)C[NH2+]CCO1.[Br-]. The van der Waals surface area contributed by atoms with Crippen LogP contribution >= 0.6 is 0 Å². The van der Waals surface area contributed by atoms with Gasteiger partial charge in [-0.15, -0.1) is 0 Å². The van der Waals surface area contributed by atoms with Gasteiger partial charge in [0.15, 0.2) is 11.5 Å². The lowest BCUT2D eigenvalue weighted by molar-refractivity contribution is -0.685. The maximum atomic E-state index is 11.7. The molecule has 1 aliphatic heterocycles. The maximum absolute atomic E-state index is 11.7. The summed E-state index contributed by atoms with van der Waals surface area (Å²) in [4.78, 5) is 21.4. The number of nitrogens with one attached hydrogen (secondary N) is 1. The van der Waals surface area contributed by atoms with Crippen molar-refractivity contribution in [1.82, 2.24) is 5.43 Å². The molecule has 0 aliphatic carbocycles. The third kappa shape index (κ3) is 5.18. The molecule has 0 bridgehead atoms. The smallest absolute Gasteiger partial charge is 0.433 e. The molecule has 2 heterocycles. The number of morpholine rings is 1. The molecule has 1 aliphatic rings. The van der Waals surface area contributed by atoms with Crippen LogP contribution in [-0.2, 0) is 9.53 Å². The van der Waals surface area contributed by atoms with Gasteiger partial charge >= 0.3 is 5.88 Å². The largest absolute Gasteiger partial charge is 1.00 e. The lowest BCUT2D eigenvalue weighted by atomic mass is 10.1. The van der Waals surface area contributed by atoms with E-state index in [2.05, 4.69) is 10.5 Å². The Morgan fingerprint density at radius 1 is 1.64 bits per heavy atom. The molecule has 1 aromatic heterocycles. The fourth-order valence-corrected chi connectivity index (χ4v) is 1.86. The highest BCUT2D eigenvalue weighted by atomic mass is 79.9. The first-order chi connectivity index (χ1) is 9.98. The van der Waals surface area contributed by atoms with Crippen LogP contribution in [0.15, 0.2) is 21.7 Å². The molecule has 1 atom stereocenters. The zero-order valence-electron chi connectivity index (χ0n) is 11.5. The quantitative estimate of drug-likeness (QED) is 0.266. The van der Waals surface area contributed by atoms with Gasteiger partial charge in [0.1, 0.15) is 11.5 Å². The van der Waals surface area contributed by atoms with E-state index in [0.717, 1.165) is 6.54 Å². The molecule has 1 aromatic rings. The van der Waals surface area contributed by atoms with E-state index in [-0.39, 0.29) is 29.2 Å². The van der Waals surface area contributed by atoms with Gasteiger partial charge in [-0.1, -0.05) is 0 Å². The number of hydrogen-bond donors (Lipinski definition) is 3. The van der Waals surface area contributed by atoms with E-state index >= 15 is 0 Å². The second-order valence-corrected chi connectivity index (χ2v) is 4.60. The second-order valence-electron chi connectivity index (χ2n) is 4.60. The number of nitrogens with zero attached hydrogens (tertiary/aromatic N) is 2. The number of ether oxygens (including phenoxy) is 1. The van der Waals surface area contributed by atoms with Gasteiger partial charge < -0.3 is 31.5 Å². The summed E-state index contributed by atoms with van der Waals surface area (Å²) >= 11 is 0. The van der Waals surface area contributed by atoms with Crippen molar-refractivity contribution in [3.63, 3.8) is 0 Å². The lowest BCUT2D eigenvalue weighted by Crippen LogP contribution is -3.00. The van der Waals surface area contributed by atoms with E-state index in [1.54, 1.807) is 0 Å². The average Bonchev–Trinajstić information content (AvgIpc) is 2.88. The molecule has 5 N–H and O–H groups in total. The van der Waals surface area contributed by atoms with E-state index in [1.165, 1.54) is 18.3 Å². The Morgan fingerprint density at radius 3 is 3.00 bits per heavy atom. The number of hydrazone groups is 1. The first-order valence-electron chi connectivity index (χ1n) is 6.29. The van der Waals surface area contributed by atoms with Crippen LogP contribution in [0.4, 0.5) is 5.88 Å². The van der Waals surface area contributed by atoms with Crippen molar-refractivity contribution in [3.8, 4) is 0 Å². The number of carbonyl (C=O) groups excluding carboxylic acids is 1. The Kier molecular flexibility index (Phi) is 6.61. The molecule has 0 radical (unpaired) electrons. The van der Waals surface area contributed by atoms with E-state index in [4.69, 9.17) is 14.9 Å². The van der Waals surface area contributed by atoms with Crippen LogP contribution in [0.1, 0.15) is 12.2 Å². The predicted molar refractivity (Wildman–Crippen MR) is 70.2 cm³/mol. The Hall–Kier alpha value is -1.82. The fourth-order valence-electron chi connectivity index (χ4n) is 1.86. The third-order valence-electron chi connectivity index (χ3n) is 2.83. The van der Waals surface area contributed by atoms with Crippen LogP contribution < -0.4 is 33.5 Å². The van der Waals surface area contributed by atoms with Crippen LogP contribution in [0.25, 0.3) is 0 Å². The van der Waals surface area contributed by atoms with Gasteiger partial charge in [-0.2, -0.15) is 5.10 Å². The number of rotatable bonds is 5. The maximum Gasteiger partial charge on any atom is 0.433 e. The number of amides is 1. The number of halogens is 1. The van der Waals surface area contributed by atoms with Crippen LogP contribution in [-0.4, -0.2) is 42.5 Å². The van der Waals surface area contributed by atoms with Gasteiger partial charge in [0.05, 0.1) is 31.9 Å². The minimum Gasteiger partial charge on any atom is -1.00 e. The Morgan fingerprint density at radius 2 is 2.41 bits per heavy atom. The molecule has 1 saturated heterocycles. The minimum atomic E-state index is -0.999. The van der Waals surface area contributed by atoms with Gasteiger partial charge in [0.25, 0.3) is 0 Å². The standard InChI is InChI=1S/C11H15N5O5.BrH/c12-11(7-13-3-4-20-11)5-9(17)15-14-6-8-1-2-10(21-8)16(18)19;/h1-2,6,13H,3-5,7,12H2,(H,15,17);1H. The molecule has 11 heteroatoms. The number of quaternary nitrogens is 1. The van der Waals surface area contributed by atoms with Crippen LogP contribution in [0, 0.1) is 10.1 Å². The molecule has 1 fully saturated rings. The number of furan rings is 1. The van der Waals surface area contributed by atoms with Crippen molar-refractivity contribution in [2.45, 2.75) is 12.1 Å². The number of carbonyl (C=O) groups is 1. The Labute approximate surface area is 136 Å². The van der Waals surface area contributed by atoms with E-state index in [0.29, 0.717) is 13.2 Å². The van der Waals surface area contributed by atoms with Gasteiger partial charge in [0, 0.05) is 0 Å². The van der Waals surface area contributed by atoms with Gasteiger partial charge in [-0.25, -0.2) is 5.43 Å². The monoisotopic (exact) mass is 377 g/mol. The average molecular weight is 378 g/mol. The van der Waals surface area contributed by atoms with E-state index in [9.17, 15) is 14.9 Å². The predicted octanol–water partition coefficient (Wildman–Crippen LogP) is -4.72. The van der Waals surface area contributed by atoms with Crippen molar-refractivity contribution >= 4 is 18.0 Å². The summed E-state index contributed by atoms with van der Waals surface area (Å²) in [5, 5.41) is 16.0. The van der Waals surface area contributed by atoms with Crippen LogP contribution in [0.2, 0.25) is 0 Å². The summed E-state index contributed by atoms with van der Waals surface area (Å²) in [6, 6.07) is 2.57. The van der Waals surface area contributed by atoms with Gasteiger partial charge in [-0.3, -0.25) is 20.6 Å². The molecule has 1 amide bonds. The van der Waals surface area contributed by atoms with E-state index in [1.807, 2.05) is 5.32 Å². The minimum absolute atomic E-state index is 0. The molecule has 22 heavy (non-hydrogen) atoms. The normalized spacial score (nSPS) is 21.3. The van der Waals surface area contributed by atoms with Gasteiger partial charge in [-0.05, 0) is 6.07 Å². The summed E-state index contributed by atoms with van der Waals surface area (Å²) in [5.74, 6) is -0.647. The first kappa shape index (κ1) is 18.2. The van der Waals surface area contributed by atoms with Crippen LogP contribution in [0.3, 0.4) is 0 Å². The molecule has 122 valence electrons. The van der Waals surface area contributed by atoms with Crippen molar-refractivity contribution in [1.29, 1.82) is 0 Å². The molecule has 0 saturated carbocycles. The Bertz CT molecular complexity index is 555. The molecule has 1 unspecified atom stereocenters. The molecular weight excluding hydrogens is 362 g/mol. The van der Waals surface area contributed by atoms with Gasteiger partial charge in [0.2, 0.25) is 5.91 Å². The van der Waals surface area contributed by atoms with Crippen molar-refractivity contribution < 1.29 is 41.2 Å².